The van der Waals surface area contributed by atoms with Crippen molar-refractivity contribution in [2.45, 2.75) is 57.8 Å². The Hall–Kier alpha value is -3.87. The predicted octanol–water partition coefficient (Wildman–Crippen LogP) is 4.00. The number of carboxylic acids is 1. The Kier molecular flexibility index (Phi) is 5.97. The Morgan fingerprint density at radius 3 is 2.32 bits per heavy atom. The van der Waals surface area contributed by atoms with Gasteiger partial charge in [-0.3, -0.25) is 4.79 Å². The number of hydrogen-bond donors (Lipinski definition) is 0. The lowest BCUT2D eigenvalue weighted by Gasteiger charge is -2.43. The van der Waals surface area contributed by atoms with Crippen LogP contribution >= 0.6 is 0 Å². The van der Waals surface area contributed by atoms with E-state index in [9.17, 15) is 19.5 Å². The maximum atomic E-state index is 13.2. The minimum absolute atomic E-state index is 0.108. The van der Waals surface area contributed by atoms with Crippen LogP contribution in [0.25, 0.3) is 21.9 Å². The number of carboxylic acid groups (broad SMARTS) is 1. The highest BCUT2D eigenvalue weighted by Crippen LogP contribution is 2.37. The molecule has 192 valence electrons. The number of benzene rings is 2. The van der Waals surface area contributed by atoms with Crippen LogP contribution in [0.1, 0.15) is 55.9 Å². The molecule has 1 aliphatic rings. The SMILES string of the molecule is Cc1c(CC(=O)N2CCC(C(=O)[O-])(c3ccccc3)CC2)c(=O)oc2cc3occ(C(C)(C)C)c3cc12. The average Bonchev–Trinajstić information content (AvgIpc) is 3.29. The minimum Gasteiger partial charge on any atom is -0.549 e. The van der Waals surface area contributed by atoms with E-state index in [-0.39, 0.29) is 43.7 Å². The van der Waals surface area contributed by atoms with E-state index in [1.165, 1.54) is 0 Å². The molecule has 0 aliphatic carbocycles. The van der Waals surface area contributed by atoms with Crippen LogP contribution in [0.15, 0.2) is 62.4 Å². The molecule has 0 radical (unpaired) electrons. The minimum atomic E-state index is -1.13. The van der Waals surface area contributed by atoms with Crippen molar-refractivity contribution in [2.24, 2.45) is 0 Å². The quantitative estimate of drug-likeness (QED) is 0.393. The monoisotopic (exact) mass is 500 g/mol. The van der Waals surface area contributed by atoms with Crippen molar-refractivity contribution in [1.29, 1.82) is 0 Å². The van der Waals surface area contributed by atoms with Gasteiger partial charge in [0, 0.05) is 40.9 Å². The van der Waals surface area contributed by atoms with Crippen molar-refractivity contribution in [3.63, 3.8) is 0 Å². The number of carbonyl (C=O) groups is 2. The lowest BCUT2D eigenvalue weighted by atomic mass is 9.73. The lowest BCUT2D eigenvalue weighted by Crippen LogP contribution is -2.54. The number of fused-ring (bicyclic) bond motifs is 2. The molecule has 3 heterocycles. The summed E-state index contributed by atoms with van der Waals surface area (Å²) in [6.07, 6.45) is 2.14. The maximum Gasteiger partial charge on any atom is 0.340 e. The van der Waals surface area contributed by atoms with Crippen molar-refractivity contribution < 1.29 is 23.5 Å². The molecule has 0 atom stereocenters. The fourth-order valence-corrected chi connectivity index (χ4v) is 5.46. The number of hydrogen-bond acceptors (Lipinski definition) is 6. The van der Waals surface area contributed by atoms with Crippen LogP contribution in [-0.4, -0.2) is 29.9 Å². The Morgan fingerprint density at radius 2 is 1.70 bits per heavy atom. The van der Waals surface area contributed by atoms with E-state index >= 15 is 0 Å². The van der Waals surface area contributed by atoms with Gasteiger partial charge in [0.25, 0.3) is 0 Å². The van der Waals surface area contributed by atoms with E-state index in [0.29, 0.717) is 27.9 Å². The van der Waals surface area contributed by atoms with Crippen molar-refractivity contribution in [1.82, 2.24) is 4.90 Å². The molecule has 0 N–H and O–H groups in total. The van der Waals surface area contributed by atoms with Gasteiger partial charge in [-0.15, -0.1) is 0 Å². The van der Waals surface area contributed by atoms with Crippen molar-refractivity contribution in [3.05, 3.63) is 81.4 Å². The first-order valence-electron chi connectivity index (χ1n) is 12.5. The molecule has 4 aromatic rings. The third-order valence-electron chi connectivity index (χ3n) is 7.80. The first-order chi connectivity index (χ1) is 17.5. The van der Waals surface area contributed by atoms with Crippen molar-refractivity contribution in [3.8, 4) is 0 Å². The highest BCUT2D eigenvalue weighted by atomic mass is 16.4. The molecule has 1 aliphatic heterocycles. The molecule has 2 aromatic carbocycles. The van der Waals surface area contributed by atoms with Crippen LogP contribution in [0.5, 0.6) is 0 Å². The van der Waals surface area contributed by atoms with Crippen LogP contribution < -0.4 is 10.7 Å². The first kappa shape index (κ1) is 24.8. The van der Waals surface area contributed by atoms with Gasteiger partial charge >= 0.3 is 5.63 Å². The molecule has 37 heavy (non-hydrogen) atoms. The summed E-state index contributed by atoms with van der Waals surface area (Å²) in [5, 5.41) is 13.9. The average molecular weight is 501 g/mol. The first-order valence-corrected chi connectivity index (χ1v) is 12.5. The number of carbonyl (C=O) groups excluding carboxylic acids is 2. The molecule has 7 nitrogen and oxygen atoms in total. The number of rotatable bonds is 4. The number of aryl methyl sites for hydroxylation is 1. The lowest BCUT2D eigenvalue weighted by molar-refractivity contribution is -0.315. The highest BCUT2D eigenvalue weighted by Gasteiger charge is 2.39. The molecule has 1 saturated heterocycles. The molecule has 0 saturated carbocycles. The second-order valence-electron chi connectivity index (χ2n) is 11.0. The summed E-state index contributed by atoms with van der Waals surface area (Å²) in [4.78, 5) is 39.9. The zero-order valence-corrected chi connectivity index (χ0v) is 21.6. The van der Waals surface area contributed by atoms with E-state index in [2.05, 4.69) is 20.8 Å². The summed E-state index contributed by atoms with van der Waals surface area (Å²) in [5.41, 5.74) is 2.01. The van der Waals surface area contributed by atoms with Crippen LogP contribution in [0.3, 0.4) is 0 Å². The Labute approximate surface area is 214 Å². The van der Waals surface area contributed by atoms with E-state index in [0.717, 1.165) is 16.3 Å². The summed E-state index contributed by atoms with van der Waals surface area (Å²) in [5.74, 6) is -1.36. The number of nitrogens with zero attached hydrogens (tertiary/aromatic N) is 1. The Balaban J connectivity index is 1.42. The van der Waals surface area contributed by atoms with Crippen LogP contribution in [0, 0.1) is 6.92 Å². The predicted molar refractivity (Wildman–Crippen MR) is 138 cm³/mol. The molecule has 1 amide bonds. The molecule has 0 bridgehead atoms. The molecule has 0 unspecified atom stereocenters. The Bertz CT molecular complexity index is 1560. The summed E-state index contributed by atoms with van der Waals surface area (Å²) < 4.78 is 11.3. The van der Waals surface area contributed by atoms with Crippen LogP contribution in [0.4, 0.5) is 0 Å². The second-order valence-corrected chi connectivity index (χ2v) is 11.0. The molecule has 5 rings (SSSR count). The number of piperidine rings is 1. The summed E-state index contributed by atoms with van der Waals surface area (Å²) in [7, 11) is 0. The van der Waals surface area contributed by atoms with E-state index < -0.39 is 17.0 Å². The molecule has 2 aromatic heterocycles. The third kappa shape index (κ3) is 4.22. The third-order valence-corrected chi connectivity index (χ3v) is 7.80. The highest BCUT2D eigenvalue weighted by molar-refractivity contribution is 5.97. The van der Waals surface area contributed by atoms with Gasteiger partial charge in [-0.1, -0.05) is 51.1 Å². The fourth-order valence-electron chi connectivity index (χ4n) is 5.46. The zero-order chi connectivity index (χ0) is 26.5. The number of furan rings is 1. The largest absolute Gasteiger partial charge is 0.549 e. The van der Waals surface area contributed by atoms with E-state index in [1.54, 1.807) is 41.5 Å². The molecule has 7 heteroatoms. The van der Waals surface area contributed by atoms with Gasteiger partial charge in [0.05, 0.1) is 24.2 Å². The Morgan fingerprint density at radius 1 is 1.03 bits per heavy atom. The summed E-state index contributed by atoms with van der Waals surface area (Å²) in [6.45, 7) is 8.69. The molecular formula is C30H30NO6-. The number of amides is 1. The topological polar surface area (TPSA) is 104 Å². The number of likely N-dealkylation sites (tertiary alicyclic amines) is 1. The normalized spacial score (nSPS) is 15.8. The van der Waals surface area contributed by atoms with Gasteiger partial charge in [0.1, 0.15) is 11.2 Å². The van der Waals surface area contributed by atoms with Gasteiger partial charge in [-0.05, 0) is 42.4 Å². The van der Waals surface area contributed by atoms with Crippen LogP contribution in [0.2, 0.25) is 0 Å². The second kappa shape index (κ2) is 8.91. The maximum absolute atomic E-state index is 13.2. The molecule has 0 spiro atoms. The summed E-state index contributed by atoms with van der Waals surface area (Å²) in [6, 6.07) is 12.7. The van der Waals surface area contributed by atoms with Gasteiger partial charge < -0.3 is 23.6 Å². The standard InChI is InChI=1S/C30H31NO6/c1-18-20-14-22-23(29(2,3)4)17-36-24(22)16-25(20)37-27(33)21(18)15-26(32)31-12-10-30(11-13-31,28(34)35)19-8-6-5-7-9-19/h5-9,14,16-17H,10-13,15H2,1-4H3,(H,34,35)/p-1. The molecular weight excluding hydrogens is 470 g/mol. The molecule has 1 fully saturated rings. The van der Waals surface area contributed by atoms with Gasteiger partial charge in [0.2, 0.25) is 5.91 Å². The fraction of sp³-hybridized carbons (Fsp3) is 0.367. The smallest absolute Gasteiger partial charge is 0.340 e. The van der Waals surface area contributed by atoms with Gasteiger partial charge in [-0.2, -0.15) is 0 Å². The van der Waals surface area contributed by atoms with Crippen LogP contribution in [-0.2, 0) is 26.8 Å². The van der Waals surface area contributed by atoms with Crippen molar-refractivity contribution >= 4 is 33.8 Å². The van der Waals surface area contributed by atoms with Crippen molar-refractivity contribution in [2.75, 3.05) is 13.1 Å². The van der Waals surface area contributed by atoms with Gasteiger partial charge in [0.15, 0.2) is 0 Å². The number of aliphatic carboxylic acids is 1. The summed E-state index contributed by atoms with van der Waals surface area (Å²) >= 11 is 0. The zero-order valence-electron chi connectivity index (χ0n) is 21.6. The van der Waals surface area contributed by atoms with E-state index in [1.807, 2.05) is 19.1 Å². The van der Waals surface area contributed by atoms with E-state index in [4.69, 9.17) is 8.83 Å². The van der Waals surface area contributed by atoms with Gasteiger partial charge in [-0.25, -0.2) is 4.79 Å².